The van der Waals surface area contributed by atoms with Gasteiger partial charge in [0.25, 0.3) is 5.97 Å². The summed E-state index contributed by atoms with van der Waals surface area (Å²) >= 11 is 0. The zero-order valence-electron chi connectivity index (χ0n) is 18.4. The Morgan fingerprint density at radius 1 is 0.938 bits per heavy atom. The summed E-state index contributed by atoms with van der Waals surface area (Å²) in [6.45, 7) is 6.48. The number of carbonyl (C=O) groups is 1. The molecule has 0 radical (unpaired) electrons. The summed E-state index contributed by atoms with van der Waals surface area (Å²) in [6, 6.07) is 20.7. The average Bonchev–Trinajstić information content (AvgIpc) is 2.77. The summed E-state index contributed by atoms with van der Waals surface area (Å²) < 4.78 is 0. The normalized spacial score (nSPS) is 10.0. The van der Waals surface area contributed by atoms with Crippen LogP contribution >= 0.6 is 0 Å². The third-order valence-electron chi connectivity index (χ3n) is 4.58. The molecule has 0 aliphatic rings. The second-order valence-corrected chi connectivity index (χ2v) is 7.39. The Hall–Kier alpha value is -1.99. The molecule has 0 atom stereocenters. The summed E-state index contributed by atoms with van der Waals surface area (Å²) in [5.74, 6) is 0.0430. The van der Waals surface area contributed by atoms with Gasteiger partial charge in [-0.3, -0.25) is 9.78 Å². The van der Waals surface area contributed by atoms with E-state index in [9.17, 15) is 0 Å². The quantitative estimate of drug-likeness (QED) is 0.388. The Labute approximate surface area is 220 Å². The zero-order chi connectivity index (χ0) is 22.6. The number of hydrogen-bond donors (Lipinski definition) is 2. The number of nitrogens with zero attached hydrogens (tertiary/aromatic N) is 3. The van der Waals surface area contributed by atoms with E-state index in [0.29, 0.717) is 6.04 Å². The van der Waals surface area contributed by atoms with Gasteiger partial charge in [0, 0.05) is 37.2 Å². The number of aliphatic hydroxyl groups excluding tert-OH is 1. The first kappa shape index (κ1) is 28.0. The van der Waals surface area contributed by atoms with Crippen molar-refractivity contribution in [1.29, 1.82) is 0 Å². The van der Waals surface area contributed by atoms with Gasteiger partial charge in [0.15, 0.2) is 0 Å². The number of carboxylic acids is 1. The van der Waals surface area contributed by atoms with E-state index in [2.05, 4.69) is 43.0 Å². The number of carboxylic acid groups (broad SMARTS) is 1. The summed E-state index contributed by atoms with van der Waals surface area (Å²) in [7, 11) is 0. The fourth-order valence-corrected chi connectivity index (χ4v) is 3.15. The fourth-order valence-electron chi connectivity index (χ4n) is 3.15. The van der Waals surface area contributed by atoms with E-state index in [1.807, 2.05) is 42.6 Å². The molecule has 3 rings (SSSR count). The van der Waals surface area contributed by atoms with Crippen LogP contribution in [-0.4, -0.2) is 83.1 Å². The first-order chi connectivity index (χ1) is 14.9. The van der Waals surface area contributed by atoms with E-state index in [1.54, 1.807) is 0 Å². The second-order valence-electron chi connectivity index (χ2n) is 7.39. The number of rotatable bonds is 8. The van der Waals surface area contributed by atoms with Crippen LogP contribution in [0.15, 0.2) is 66.9 Å². The van der Waals surface area contributed by atoms with Crippen molar-refractivity contribution >= 4 is 49.5 Å². The van der Waals surface area contributed by atoms with E-state index in [-0.39, 0.29) is 44.3 Å². The Balaban J connectivity index is 0.000000945. The number of aromatic nitrogens is 2. The fraction of sp³-hybridized carbons (Fsp3) is 0.320. The van der Waals surface area contributed by atoms with Crippen molar-refractivity contribution in [2.75, 3.05) is 18.1 Å². The van der Waals surface area contributed by atoms with Crippen LogP contribution in [0.4, 0.5) is 5.82 Å². The Bertz CT molecular complexity index is 934. The molecule has 0 fully saturated rings. The van der Waals surface area contributed by atoms with Crippen LogP contribution in [0.3, 0.4) is 0 Å². The van der Waals surface area contributed by atoms with Crippen molar-refractivity contribution in [3.8, 4) is 22.5 Å². The van der Waals surface area contributed by atoms with Gasteiger partial charge < -0.3 is 15.1 Å². The summed E-state index contributed by atoms with van der Waals surface area (Å²) in [5, 5.41) is 16.5. The van der Waals surface area contributed by atoms with Crippen LogP contribution in [0.1, 0.15) is 33.6 Å². The van der Waals surface area contributed by atoms with Crippen molar-refractivity contribution in [2.45, 2.75) is 39.7 Å². The molecule has 0 saturated heterocycles. The first-order valence-electron chi connectivity index (χ1n) is 10.5. The van der Waals surface area contributed by atoms with Crippen molar-refractivity contribution in [2.24, 2.45) is 0 Å². The third-order valence-corrected chi connectivity index (χ3v) is 4.58. The number of benzene rings is 2. The monoisotopic (exact) mass is 463 g/mol. The molecule has 0 aliphatic carbocycles. The van der Waals surface area contributed by atoms with Crippen molar-refractivity contribution in [1.82, 2.24) is 9.97 Å². The van der Waals surface area contributed by atoms with Crippen molar-refractivity contribution < 1.29 is 15.0 Å². The molecule has 0 spiro atoms. The van der Waals surface area contributed by atoms with Gasteiger partial charge >= 0.3 is 37.7 Å². The number of hydrogen-bond acceptors (Lipinski definition) is 5. The van der Waals surface area contributed by atoms with Gasteiger partial charge in [-0.2, -0.15) is 0 Å². The molecule has 168 valence electrons. The van der Waals surface area contributed by atoms with E-state index in [0.717, 1.165) is 54.6 Å². The van der Waals surface area contributed by atoms with Crippen molar-refractivity contribution in [3.63, 3.8) is 0 Å². The van der Waals surface area contributed by atoms with Crippen LogP contribution in [0.2, 0.25) is 0 Å². The molecule has 1 heterocycles. The molecule has 2 N–H and O–H groups in total. The standard InChI is InChI=1S/C23H27N3O.C2H4O2.Ca.2H/c1-18(2)26(15-9-10-16-27)21-17-24-22(19-11-5-3-6-12-19)23(25-21)20-13-7-4-8-14-20;1-2(3)4;;;/h3-8,11-14,17-18,27H,9-10,15-16H2,1-2H3;1H3,(H,3,4);;;. The first-order valence-corrected chi connectivity index (χ1v) is 10.5. The van der Waals surface area contributed by atoms with Gasteiger partial charge in [-0.05, 0) is 26.7 Å². The molecule has 1 aromatic heterocycles. The molecule has 3 aromatic rings. The number of aliphatic carboxylic acids is 1. The Morgan fingerprint density at radius 3 is 1.91 bits per heavy atom. The molecule has 2 aromatic carbocycles. The van der Waals surface area contributed by atoms with E-state index >= 15 is 0 Å². The SMILES string of the molecule is CC(=O)O.CC(C)N(CCCCO)c1cnc(-c2ccccc2)c(-c2ccccc2)n1.[CaH2]. The Kier molecular flexibility index (Phi) is 13.1. The summed E-state index contributed by atoms with van der Waals surface area (Å²) in [5.41, 5.74) is 3.91. The minimum absolute atomic E-state index is 0. The van der Waals surface area contributed by atoms with Crippen molar-refractivity contribution in [3.05, 3.63) is 66.9 Å². The Morgan fingerprint density at radius 2 is 1.44 bits per heavy atom. The molecule has 7 heteroatoms. The summed E-state index contributed by atoms with van der Waals surface area (Å²) in [6.07, 6.45) is 3.59. The zero-order valence-corrected chi connectivity index (χ0v) is 18.4. The van der Waals surface area contributed by atoms with E-state index in [4.69, 9.17) is 25.0 Å². The topological polar surface area (TPSA) is 86.5 Å². The number of anilines is 1. The van der Waals surface area contributed by atoms with E-state index in [1.165, 1.54) is 0 Å². The molecule has 0 bridgehead atoms. The molecule has 0 saturated carbocycles. The second kappa shape index (κ2) is 15.0. The maximum absolute atomic E-state index is 9.10. The predicted octanol–water partition coefficient (Wildman–Crippen LogP) is 3.97. The van der Waals surface area contributed by atoms with Crippen LogP contribution in [0, 0.1) is 0 Å². The summed E-state index contributed by atoms with van der Waals surface area (Å²) in [4.78, 5) is 21.1. The molecule has 0 aliphatic heterocycles. The minimum atomic E-state index is -0.833. The van der Waals surface area contributed by atoms with Gasteiger partial charge in [0.1, 0.15) is 5.82 Å². The molecular weight excluding hydrogens is 430 g/mol. The van der Waals surface area contributed by atoms with Crippen LogP contribution in [-0.2, 0) is 4.79 Å². The molecule has 0 unspecified atom stereocenters. The maximum atomic E-state index is 9.10. The average molecular weight is 464 g/mol. The van der Waals surface area contributed by atoms with Gasteiger partial charge in [0.05, 0.1) is 17.6 Å². The predicted molar refractivity (Wildman–Crippen MR) is 134 cm³/mol. The molecule has 32 heavy (non-hydrogen) atoms. The van der Waals surface area contributed by atoms with Gasteiger partial charge in [-0.15, -0.1) is 0 Å². The van der Waals surface area contributed by atoms with Crippen LogP contribution in [0.5, 0.6) is 0 Å². The van der Waals surface area contributed by atoms with Gasteiger partial charge in [-0.25, -0.2) is 4.98 Å². The molecular formula is C25H33CaN3O3. The van der Waals surface area contributed by atoms with Gasteiger partial charge in [-0.1, -0.05) is 60.7 Å². The van der Waals surface area contributed by atoms with E-state index < -0.39 is 5.97 Å². The van der Waals surface area contributed by atoms with Crippen LogP contribution in [0.25, 0.3) is 22.5 Å². The molecule has 6 nitrogen and oxygen atoms in total. The number of aliphatic hydroxyl groups is 1. The van der Waals surface area contributed by atoms with Crippen LogP contribution < -0.4 is 4.90 Å². The van der Waals surface area contributed by atoms with Gasteiger partial charge in [0.2, 0.25) is 0 Å². The molecule has 0 amide bonds. The third kappa shape index (κ3) is 8.87. The number of unbranched alkanes of at least 4 members (excludes halogenated alkanes) is 1.